The fourth-order valence-electron chi connectivity index (χ4n) is 2.85. The first kappa shape index (κ1) is 13.8. The predicted octanol–water partition coefficient (Wildman–Crippen LogP) is 6.08. The second-order valence-electron chi connectivity index (χ2n) is 5.13. The summed E-state index contributed by atoms with van der Waals surface area (Å²) in [6.07, 6.45) is 0.992. The molecule has 0 amide bonds. The van der Waals surface area contributed by atoms with Gasteiger partial charge in [-0.1, -0.05) is 50.1 Å². The zero-order valence-corrected chi connectivity index (χ0v) is 15.1. The highest BCUT2D eigenvalue weighted by molar-refractivity contribution is 9.10. The molecule has 1 aliphatic rings. The van der Waals surface area contributed by atoms with Crippen molar-refractivity contribution in [2.24, 2.45) is 0 Å². The maximum atomic E-state index is 5.87. The summed E-state index contributed by atoms with van der Waals surface area (Å²) < 4.78 is 8.31. The van der Waals surface area contributed by atoms with E-state index < -0.39 is 0 Å². The van der Waals surface area contributed by atoms with Crippen LogP contribution in [0.1, 0.15) is 21.5 Å². The molecule has 0 bridgehead atoms. The maximum Gasteiger partial charge on any atom is 0.127 e. The van der Waals surface area contributed by atoms with E-state index in [2.05, 4.69) is 73.6 Å². The molecule has 0 spiro atoms. The molecule has 0 saturated heterocycles. The van der Waals surface area contributed by atoms with Gasteiger partial charge in [-0.15, -0.1) is 11.3 Å². The molecule has 1 unspecified atom stereocenters. The molecule has 0 saturated carbocycles. The van der Waals surface area contributed by atoms with Gasteiger partial charge in [-0.25, -0.2) is 0 Å². The highest BCUT2D eigenvalue weighted by Gasteiger charge is 2.24. The third-order valence-electron chi connectivity index (χ3n) is 3.83. The van der Waals surface area contributed by atoms with E-state index in [9.17, 15) is 0 Å². The van der Waals surface area contributed by atoms with E-state index in [1.54, 1.807) is 11.3 Å². The van der Waals surface area contributed by atoms with Crippen molar-refractivity contribution in [2.75, 3.05) is 6.61 Å². The van der Waals surface area contributed by atoms with Crippen LogP contribution in [0.25, 0.3) is 10.1 Å². The Labute approximate surface area is 144 Å². The number of alkyl halides is 1. The molecule has 0 radical (unpaired) electrons. The van der Waals surface area contributed by atoms with Crippen molar-refractivity contribution in [3.05, 3.63) is 62.9 Å². The monoisotopic (exact) mass is 422 g/mol. The van der Waals surface area contributed by atoms with Gasteiger partial charge in [-0.3, -0.25) is 0 Å². The zero-order chi connectivity index (χ0) is 14.4. The molecule has 0 fully saturated rings. The normalized spacial score (nSPS) is 15.0. The Morgan fingerprint density at radius 3 is 2.90 bits per heavy atom. The SMILES string of the molecule is Brc1cc2c(c(C(Br)c3csc4ccccc34)c1)OCC2. The summed E-state index contributed by atoms with van der Waals surface area (Å²) in [6.45, 7) is 0.781. The van der Waals surface area contributed by atoms with Crippen LogP contribution in [0.5, 0.6) is 5.75 Å². The van der Waals surface area contributed by atoms with Crippen molar-refractivity contribution in [2.45, 2.75) is 11.2 Å². The van der Waals surface area contributed by atoms with Crippen molar-refractivity contribution >= 4 is 53.3 Å². The van der Waals surface area contributed by atoms with Crippen LogP contribution >= 0.6 is 43.2 Å². The third-order valence-corrected chi connectivity index (χ3v) is 6.26. The van der Waals surface area contributed by atoms with E-state index in [0.717, 1.165) is 23.2 Å². The molecule has 0 N–H and O–H groups in total. The summed E-state index contributed by atoms with van der Waals surface area (Å²) in [4.78, 5) is 0.151. The van der Waals surface area contributed by atoms with Gasteiger partial charge in [0.05, 0.1) is 11.4 Å². The van der Waals surface area contributed by atoms with E-state index in [0.29, 0.717) is 0 Å². The molecule has 2 aromatic carbocycles. The Hall–Kier alpha value is -0.840. The minimum absolute atomic E-state index is 0.151. The molecule has 4 heteroatoms. The zero-order valence-electron chi connectivity index (χ0n) is 11.1. The number of rotatable bonds is 2. The molecule has 1 aromatic heterocycles. The van der Waals surface area contributed by atoms with Crippen LogP contribution < -0.4 is 4.74 Å². The lowest BCUT2D eigenvalue weighted by atomic mass is 10.0. The maximum absolute atomic E-state index is 5.87. The van der Waals surface area contributed by atoms with E-state index in [-0.39, 0.29) is 4.83 Å². The molecule has 3 aromatic rings. The minimum atomic E-state index is 0.151. The Balaban J connectivity index is 1.87. The van der Waals surface area contributed by atoms with Gasteiger partial charge >= 0.3 is 0 Å². The molecule has 106 valence electrons. The van der Waals surface area contributed by atoms with Gasteiger partial charge in [0.15, 0.2) is 0 Å². The van der Waals surface area contributed by atoms with Gasteiger partial charge in [0.25, 0.3) is 0 Å². The van der Waals surface area contributed by atoms with Crippen molar-refractivity contribution in [3.63, 3.8) is 0 Å². The summed E-state index contributed by atoms with van der Waals surface area (Å²) in [5.74, 6) is 1.05. The van der Waals surface area contributed by atoms with E-state index in [1.165, 1.54) is 26.8 Å². The molecule has 21 heavy (non-hydrogen) atoms. The van der Waals surface area contributed by atoms with Crippen LogP contribution in [-0.2, 0) is 6.42 Å². The van der Waals surface area contributed by atoms with Crippen molar-refractivity contribution < 1.29 is 4.74 Å². The van der Waals surface area contributed by atoms with E-state index in [4.69, 9.17) is 4.74 Å². The van der Waals surface area contributed by atoms with Crippen molar-refractivity contribution in [1.29, 1.82) is 0 Å². The molecule has 4 rings (SSSR count). The van der Waals surface area contributed by atoms with Crippen LogP contribution in [0.3, 0.4) is 0 Å². The number of hydrogen-bond donors (Lipinski definition) is 0. The van der Waals surface area contributed by atoms with Gasteiger partial charge in [-0.2, -0.15) is 0 Å². The molecule has 2 heterocycles. The quantitative estimate of drug-likeness (QED) is 0.453. The van der Waals surface area contributed by atoms with Crippen LogP contribution in [0.2, 0.25) is 0 Å². The van der Waals surface area contributed by atoms with E-state index >= 15 is 0 Å². The molecular formula is C17H12Br2OS. The lowest BCUT2D eigenvalue weighted by Crippen LogP contribution is -1.96. The lowest BCUT2D eigenvalue weighted by Gasteiger charge is -2.14. The number of halogens is 2. The first-order valence-electron chi connectivity index (χ1n) is 6.79. The third kappa shape index (κ3) is 2.33. The van der Waals surface area contributed by atoms with Gasteiger partial charge in [-0.05, 0) is 40.1 Å². The fourth-order valence-corrected chi connectivity index (χ4v) is 5.25. The van der Waals surface area contributed by atoms with Gasteiger partial charge in [0, 0.05) is 21.2 Å². The van der Waals surface area contributed by atoms with Crippen LogP contribution in [-0.4, -0.2) is 6.61 Å². The highest BCUT2D eigenvalue weighted by Crippen LogP contribution is 2.45. The Morgan fingerprint density at radius 2 is 2.00 bits per heavy atom. The average Bonchev–Trinajstić information content (AvgIpc) is 3.11. The van der Waals surface area contributed by atoms with Crippen LogP contribution in [0.15, 0.2) is 46.3 Å². The number of ether oxygens (including phenoxy) is 1. The van der Waals surface area contributed by atoms with Gasteiger partial charge in [0.2, 0.25) is 0 Å². The molecule has 1 atom stereocenters. The number of thiophene rings is 1. The van der Waals surface area contributed by atoms with Crippen LogP contribution in [0, 0.1) is 0 Å². The second-order valence-corrected chi connectivity index (χ2v) is 7.87. The van der Waals surface area contributed by atoms with Crippen LogP contribution in [0.4, 0.5) is 0 Å². The van der Waals surface area contributed by atoms with Crippen molar-refractivity contribution in [1.82, 2.24) is 0 Å². The number of benzene rings is 2. The number of hydrogen-bond acceptors (Lipinski definition) is 2. The van der Waals surface area contributed by atoms with Gasteiger partial charge in [0.1, 0.15) is 5.75 Å². The molecule has 1 nitrogen and oxygen atoms in total. The molecule has 0 aliphatic carbocycles. The van der Waals surface area contributed by atoms with E-state index in [1.807, 2.05) is 0 Å². The Bertz CT molecular complexity index is 825. The lowest BCUT2D eigenvalue weighted by molar-refractivity contribution is 0.354. The average molecular weight is 424 g/mol. The topological polar surface area (TPSA) is 9.23 Å². The highest BCUT2D eigenvalue weighted by atomic mass is 79.9. The number of fused-ring (bicyclic) bond motifs is 2. The van der Waals surface area contributed by atoms with Crippen molar-refractivity contribution in [3.8, 4) is 5.75 Å². The standard InChI is InChI=1S/C17H12Br2OS/c18-11-7-10-5-6-20-17(10)13(8-11)16(19)14-9-21-15-4-2-1-3-12(14)15/h1-4,7-9,16H,5-6H2. The first-order valence-corrected chi connectivity index (χ1v) is 9.38. The van der Waals surface area contributed by atoms with Gasteiger partial charge < -0.3 is 4.74 Å². The minimum Gasteiger partial charge on any atom is -0.493 e. The smallest absolute Gasteiger partial charge is 0.127 e. The molecule has 1 aliphatic heterocycles. The molecular weight excluding hydrogens is 412 g/mol. The first-order chi connectivity index (χ1) is 10.2. The summed E-state index contributed by atoms with van der Waals surface area (Å²) in [5.41, 5.74) is 3.81. The predicted molar refractivity (Wildman–Crippen MR) is 95.9 cm³/mol. The Morgan fingerprint density at radius 1 is 1.14 bits per heavy atom. The summed E-state index contributed by atoms with van der Waals surface area (Å²) in [7, 11) is 0. The Kier molecular flexibility index (Phi) is 3.56. The summed E-state index contributed by atoms with van der Waals surface area (Å²) in [5, 5.41) is 3.56. The second kappa shape index (κ2) is 5.41. The summed E-state index contributed by atoms with van der Waals surface area (Å²) >= 11 is 9.30. The fraction of sp³-hybridized carbons (Fsp3) is 0.176. The largest absolute Gasteiger partial charge is 0.493 e. The summed E-state index contributed by atoms with van der Waals surface area (Å²) in [6, 6.07) is 12.9.